The van der Waals surface area contributed by atoms with Crippen LogP contribution in [0.15, 0.2) is 0 Å². The molecule has 1 aliphatic carbocycles. The third-order valence-corrected chi connectivity index (χ3v) is 4.31. The van der Waals surface area contributed by atoms with Gasteiger partial charge in [-0.15, -0.1) is 0 Å². The van der Waals surface area contributed by atoms with Gasteiger partial charge in [-0.3, -0.25) is 4.79 Å². The van der Waals surface area contributed by atoms with Gasteiger partial charge < -0.3 is 15.8 Å². The number of carbonyl (C=O) groups is 1. The highest BCUT2D eigenvalue weighted by atomic mass is 16.5. The van der Waals surface area contributed by atoms with Crippen LogP contribution in [0.2, 0.25) is 0 Å². The maximum atomic E-state index is 11.7. The van der Waals surface area contributed by atoms with Gasteiger partial charge in [0.25, 0.3) is 0 Å². The van der Waals surface area contributed by atoms with E-state index < -0.39 is 5.54 Å². The molecule has 4 nitrogen and oxygen atoms in total. The number of rotatable bonds is 5. The van der Waals surface area contributed by atoms with Gasteiger partial charge in [-0.25, -0.2) is 0 Å². The fourth-order valence-electron chi connectivity index (χ4n) is 2.88. The minimum atomic E-state index is -0.514. The van der Waals surface area contributed by atoms with Crippen LogP contribution in [0, 0.1) is 11.3 Å². The van der Waals surface area contributed by atoms with E-state index in [2.05, 4.69) is 26.1 Å². The largest absolute Gasteiger partial charge is 0.383 e. The number of primary amides is 1. The molecule has 0 aromatic carbocycles. The molecule has 0 aromatic heterocycles. The molecule has 0 aliphatic heterocycles. The molecule has 1 rings (SSSR count). The molecule has 0 radical (unpaired) electrons. The lowest BCUT2D eigenvalue weighted by molar-refractivity contribution is -0.126. The molecule has 0 spiro atoms. The van der Waals surface area contributed by atoms with Gasteiger partial charge in [0.2, 0.25) is 5.91 Å². The second-order valence-corrected chi connectivity index (χ2v) is 6.51. The van der Waals surface area contributed by atoms with Crippen LogP contribution in [0.1, 0.15) is 46.5 Å². The molecule has 1 amide bonds. The Morgan fingerprint density at radius 3 is 2.33 bits per heavy atom. The molecule has 106 valence electrons. The molecule has 1 fully saturated rings. The van der Waals surface area contributed by atoms with Gasteiger partial charge in [-0.1, -0.05) is 20.8 Å². The Labute approximate surface area is 111 Å². The molecule has 1 aliphatic rings. The predicted molar refractivity (Wildman–Crippen MR) is 73.2 cm³/mol. The van der Waals surface area contributed by atoms with Crippen molar-refractivity contribution in [1.29, 1.82) is 0 Å². The average Bonchev–Trinajstić information content (AvgIpc) is 2.28. The zero-order chi connectivity index (χ0) is 13.8. The number of amides is 1. The first-order valence-electron chi connectivity index (χ1n) is 6.86. The Morgan fingerprint density at radius 1 is 1.39 bits per heavy atom. The maximum absolute atomic E-state index is 11.7. The zero-order valence-electron chi connectivity index (χ0n) is 12.2. The molecule has 0 aromatic rings. The Morgan fingerprint density at radius 2 is 1.94 bits per heavy atom. The molecule has 0 heterocycles. The van der Waals surface area contributed by atoms with E-state index in [1.165, 1.54) is 0 Å². The predicted octanol–water partition coefficient (Wildman–Crippen LogP) is 1.68. The van der Waals surface area contributed by atoms with E-state index in [1.807, 2.05) is 0 Å². The van der Waals surface area contributed by atoms with Crippen LogP contribution in [-0.2, 0) is 9.53 Å². The van der Waals surface area contributed by atoms with Crippen LogP contribution in [0.25, 0.3) is 0 Å². The first-order valence-corrected chi connectivity index (χ1v) is 6.86. The highest BCUT2D eigenvalue weighted by Gasteiger charge is 2.42. The number of hydrogen-bond donors (Lipinski definition) is 2. The number of methoxy groups -OCH3 is 1. The standard InChI is InChI=1S/C14H28N2O2/c1-13(2,3)11-5-7-14(8-6-11,12(15)17)16-9-10-18-4/h11,16H,5-10H2,1-4H3,(H2,15,17). The normalized spacial score (nSPS) is 29.2. The van der Waals surface area contributed by atoms with E-state index in [0.29, 0.717) is 24.5 Å². The minimum absolute atomic E-state index is 0.217. The molecule has 3 N–H and O–H groups in total. The van der Waals surface area contributed by atoms with E-state index in [9.17, 15) is 4.79 Å². The van der Waals surface area contributed by atoms with Crippen molar-refractivity contribution in [3.05, 3.63) is 0 Å². The summed E-state index contributed by atoms with van der Waals surface area (Å²) in [6.07, 6.45) is 3.81. The molecular formula is C14H28N2O2. The van der Waals surface area contributed by atoms with E-state index in [-0.39, 0.29) is 5.91 Å². The van der Waals surface area contributed by atoms with Crippen LogP contribution in [0.3, 0.4) is 0 Å². The molecule has 18 heavy (non-hydrogen) atoms. The monoisotopic (exact) mass is 256 g/mol. The Hall–Kier alpha value is -0.610. The van der Waals surface area contributed by atoms with Crippen LogP contribution in [0.5, 0.6) is 0 Å². The van der Waals surface area contributed by atoms with Crippen molar-refractivity contribution in [3.8, 4) is 0 Å². The van der Waals surface area contributed by atoms with Crippen LogP contribution < -0.4 is 11.1 Å². The quantitative estimate of drug-likeness (QED) is 0.736. The number of carbonyl (C=O) groups excluding carboxylic acids is 1. The first-order chi connectivity index (χ1) is 8.32. The summed E-state index contributed by atoms with van der Waals surface area (Å²) in [6.45, 7) is 8.10. The van der Waals surface area contributed by atoms with Gasteiger partial charge in [-0.05, 0) is 37.0 Å². The summed E-state index contributed by atoms with van der Waals surface area (Å²) in [5.74, 6) is 0.458. The highest BCUT2D eigenvalue weighted by molar-refractivity contribution is 5.84. The van der Waals surface area contributed by atoms with E-state index in [0.717, 1.165) is 25.7 Å². The van der Waals surface area contributed by atoms with Gasteiger partial charge in [0, 0.05) is 13.7 Å². The van der Waals surface area contributed by atoms with Crippen molar-refractivity contribution in [2.24, 2.45) is 17.1 Å². The second kappa shape index (κ2) is 6.02. The number of nitrogens with two attached hydrogens (primary N) is 1. The third-order valence-electron chi connectivity index (χ3n) is 4.31. The van der Waals surface area contributed by atoms with Gasteiger partial charge >= 0.3 is 0 Å². The SMILES string of the molecule is COCCNC1(C(N)=O)CCC(C(C)(C)C)CC1. The molecule has 1 saturated carbocycles. The van der Waals surface area contributed by atoms with Gasteiger partial charge in [0.15, 0.2) is 0 Å². The Balaban J connectivity index is 2.60. The van der Waals surface area contributed by atoms with Crippen LogP contribution in [-0.4, -0.2) is 31.7 Å². The number of ether oxygens (including phenoxy) is 1. The van der Waals surface area contributed by atoms with Crippen molar-refractivity contribution < 1.29 is 9.53 Å². The molecule has 0 unspecified atom stereocenters. The highest BCUT2D eigenvalue weighted by Crippen LogP contribution is 2.41. The summed E-state index contributed by atoms with van der Waals surface area (Å²) in [6, 6.07) is 0. The average molecular weight is 256 g/mol. The third kappa shape index (κ3) is 3.69. The lowest BCUT2D eigenvalue weighted by Crippen LogP contribution is -2.58. The molecular weight excluding hydrogens is 228 g/mol. The topological polar surface area (TPSA) is 64.3 Å². The van der Waals surface area contributed by atoms with E-state index in [4.69, 9.17) is 10.5 Å². The van der Waals surface area contributed by atoms with Crippen molar-refractivity contribution in [1.82, 2.24) is 5.32 Å². The van der Waals surface area contributed by atoms with Crippen molar-refractivity contribution in [2.45, 2.75) is 52.0 Å². The first kappa shape index (κ1) is 15.4. The second-order valence-electron chi connectivity index (χ2n) is 6.51. The fraction of sp³-hybridized carbons (Fsp3) is 0.929. The zero-order valence-corrected chi connectivity index (χ0v) is 12.2. The van der Waals surface area contributed by atoms with Crippen LogP contribution >= 0.6 is 0 Å². The summed E-state index contributed by atoms with van der Waals surface area (Å²) >= 11 is 0. The van der Waals surface area contributed by atoms with E-state index >= 15 is 0 Å². The van der Waals surface area contributed by atoms with Crippen molar-refractivity contribution in [2.75, 3.05) is 20.3 Å². The number of nitrogens with one attached hydrogen (secondary N) is 1. The smallest absolute Gasteiger partial charge is 0.237 e. The Bertz CT molecular complexity index is 276. The lowest BCUT2D eigenvalue weighted by atomic mass is 9.67. The minimum Gasteiger partial charge on any atom is -0.383 e. The van der Waals surface area contributed by atoms with Gasteiger partial charge in [0.1, 0.15) is 0 Å². The molecule has 4 heteroatoms. The van der Waals surface area contributed by atoms with Crippen molar-refractivity contribution >= 4 is 5.91 Å². The van der Waals surface area contributed by atoms with E-state index in [1.54, 1.807) is 7.11 Å². The lowest BCUT2D eigenvalue weighted by Gasteiger charge is -2.42. The van der Waals surface area contributed by atoms with Crippen molar-refractivity contribution in [3.63, 3.8) is 0 Å². The molecule has 0 saturated heterocycles. The van der Waals surface area contributed by atoms with Crippen LogP contribution in [0.4, 0.5) is 0 Å². The summed E-state index contributed by atoms with van der Waals surface area (Å²) < 4.78 is 5.02. The summed E-state index contributed by atoms with van der Waals surface area (Å²) in [7, 11) is 1.66. The maximum Gasteiger partial charge on any atom is 0.237 e. The Kier molecular flexibility index (Phi) is 5.17. The summed E-state index contributed by atoms with van der Waals surface area (Å²) in [5.41, 5.74) is 5.40. The number of hydrogen-bond acceptors (Lipinski definition) is 3. The summed E-state index contributed by atoms with van der Waals surface area (Å²) in [4.78, 5) is 11.7. The summed E-state index contributed by atoms with van der Waals surface area (Å²) in [5, 5.41) is 3.31. The fourth-order valence-corrected chi connectivity index (χ4v) is 2.88. The molecule has 0 atom stereocenters. The van der Waals surface area contributed by atoms with Gasteiger partial charge in [-0.2, -0.15) is 0 Å². The van der Waals surface area contributed by atoms with Gasteiger partial charge in [0.05, 0.1) is 12.1 Å². The molecule has 0 bridgehead atoms.